The molecule has 1 rings (SSSR count). The summed E-state index contributed by atoms with van der Waals surface area (Å²) in [6.45, 7) is 9.26. The normalized spacial score (nSPS) is 21.2. The van der Waals surface area contributed by atoms with Gasteiger partial charge in [0.1, 0.15) is 0 Å². The van der Waals surface area contributed by atoms with Crippen LogP contribution in [-0.2, 0) is 4.43 Å². The molecule has 0 radical (unpaired) electrons. The van der Waals surface area contributed by atoms with Gasteiger partial charge in [0.25, 0.3) is 0 Å². The Bertz CT molecular complexity index is 292. The number of halogens is 1. The predicted molar refractivity (Wildman–Crippen MR) is 95.9 cm³/mol. The first kappa shape index (κ1) is 18.4. The van der Waals surface area contributed by atoms with E-state index >= 15 is 0 Å². The monoisotopic (exact) mass is 360 g/mol. The second kappa shape index (κ2) is 8.75. The maximum absolute atomic E-state index is 6.77. The molecule has 0 N–H and O–H groups in total. The standard InChI is InChI=1S/C17H33BrOSi/c1-5-6-10-13-17(14-15-18,19-20(2,3)4)16-11-8-7-9-12-16/h14-16H,5-13H2,1-4H3/b15-14+. The Morgan fingerprint density at radius 3 is 2.30 bits per heavy atom. The smallest absolute Gasteiger partial charge is 0.184 e. The van der Waals surface area contributed by atoms with Gasteiger partial charge in [0.2, 0.25) is 0 Å². The summed E-state index contributed by atoms with van der Waals surface area (Å²) in [7, 11) is -1.55. The maximum atomic E-state index is 6.77. The lowest BCUT2D eigenvalue weighted by atomic mass is 9.74. The van der Waals surface area contributed by atoms with Crippen LogP contribution in [-0.4, -0.2) is 13.9 Å². The molecule has 1 fully saturated rings. The van der Waals surface area contributed by atoms with Crippen LogP contribution in [0.1, 0.15) is 64.7 Å². The topological polar surface area (TPSA) is 9.23 Å². The maximum Gasteiger partial charge on any atom is 0.184 e. The van der Waals surface area contributed by atoms with Crippen molar-refractivity contribution >= 4 is 24.2 Å². The first-order chi connectivity index (χ1) is 9.43. The van der Waals surface area contributed by atoms with Gasteiger partial charge in [-0.05, 0) is 55.9 Å². The Balaban J connectivity index is 2.91. The third-order valence-corrected chi connectivity index (χ3v) is 5.57. The Hall–Kier alpha value is 0.397. The SMILES string of the molecule is CCCCCC(/C=C/Br)(O[Si](C)(C)C)C1CCCCC1. The van der Waals surface area contributed by atoms with Crippen LogP contribution < -0.4 is 0 Å². The van der Waals surface area contributed by atoms with Gasteiger partial charge >= 0.3 is 0 Å². The van der Waals surface area contributed by atoms with E-state index in [2.05, 4.69) is 48.6 Å². The van der Waals surface area contributed by atoms with E-state index in [1.165, 1.54) is 57.8 Å². The van der Waals surface area contributed by atoms with Crippen LogP contribution in [0.3, 0.4) is 0 Å². The van der Waals surface area contributed by atoms with E-state index in [1.807, 2.05) is 4.99 Å². The second-order valence-corrected chi connectivity index (χ2v) is 12.2. The van der Waals surface area contributed by atoms with Gasteiger partial charge in [0.05, 0.1) is 5.60 Å². The Labute approximate surface area is 135 Å². The minimum atomic E-state index is -1.55. The lowest BCUT2D eigenvalue weighted by Crippen LogP contribution is -2.47. The average molecular weight is 361 g/mol. The van der Waals surface area contributed by atoms with Gasteiger partial charge in [-0.15, -0.1) is 0 Å². The van der Waals surface area contributed by atoms with E-state index in [1.54, 1.807) is 0 Å². The average Bonchev–Trinajstić information content (AvgIpc) is 2.38. The highest BCUT2D eigenvalue weighted by Gasteiger charge is 2.40. The van der Waals surface area contributed by atoms with Crippen LogP contribution in [0.4, 0.5) is 0 Å². The van der Waals surface area contributed by atoms with Crippen LogP contribution in [0.5, 0.6) is 0 Å². The van der Waals surface area contributed by atoms with Gasteiger partial charge in [0.15, 0.2) is 8.32 Å². The van der Waals surface area contributed by atoms with Gasteiger partial charge in [-0.1, -0.05) is 61.4 Å². The zero-order chi connectivity index (χ0) is 15.1. The summed E-state index contributed by atoms with van der Waals surface area (Å²) >= 11 is 3.52. The quantitative estimate of drug-likeness (QED) is 0.347. The van der Waals surface area contributed by atoms with E-state index in [0.717, 1.165) is 0 Å². The minimum absolute atomic E-state index is 0.0104. The van der Waals surface area contributed by atoms with Crippen molar-refractivity contribution in [3.8, 4) is 0 Å². The Morgan fingerprint density at radius 2 is 1.80 bits per heavy atom. The number of unbranched alkanes of at least 4 members (excludes halogenated alkanes) is 2. The highest BCUT2D eigenvalue weighted by atomic mass is 79.9. The zero-order valence-corrected chi connectivity index (χ0v) is 16.5. The predicted octanol–water partition coefficient (Wildman–Crippen LogP) is 6.65. The van der Waals surface area contributed by atoms with Crippen molar-refractivity contribution in [2.24, 2.45) is 5.92 Å². The van der Waals surface area contributed by atoms with Gasteiger partial charge in [-0.25, -0.2) is 0 Å². The van der Waals surface area contributed by atoms with Crippen molar-refractivity contribution in [3.63, 3.8) is 0 Å². The molecule has 0 aliphatic heterocycles. The number of hydrogen-bond donors (Lipinski definition) is 0. The minimum Gasteiger partial charge on any atom is -0.408 e. The first-order valence-electron chi connectivity index (χ1n) is 8.41. The van der Waals surface area contributed by atoms with Crippen molar-refractivity contribution in [1.29, 1.82) is 0 Å². The summed E-state index contributed by atoms with van der Waals surface area (Å²) in [5.41, 5.74) is -0.0104. The molecule has 3 heteroatoms. The van der Waals surface area contributed by atoms with Crippen LogP contribution in [0.2, 0.25) is 19.6 Å². The molecule has 0 saturated heterocycles. The summed E-state index contributed by atoms with van der Waals surface area (Å²) in [4.78, 5) is 2.05. The molecule has 0 aromatic carbocycles. The van der Waals surface area contributed by atoms with E-state index in [0.29, 0.717) is 5.92 Å². The summed E-state index contributed by atoms with van der Waals surface area (Å²) in [6, 6.07) is 0. The van der Waals surface area contributed by atoms with Crippen molar-refractivity contribution < 1.29 is 4.43 Å². The van der Waals surface area contributed by atoms with Crippen LogP contribution in [0, 0.1) is 5.92 Å². The number of rotatable bonds is 8. The van der Waals surface area contributed by atoms with E-state index < -0.39 is 8.32 Å². The van der Waals surface area contributed by atoms with Crippen LogP contribution in [0.15, 0.2) is 11.1 Å². The van der Waals surface area contributed by atoms with Crippen LogP contribution in [0.25, 0.3) is 0 Å². The molecule has 20 heavy (non-hydrogen) atoms. The van der Waals surface area contributed by atoms with Crippen molar-refractivity contribution in [2.45, 2.75) is 90.0 Å². The molecule has 0 aromatic heterocycles. The molecule has 1 unspecified atom stereocenters. The lowest BCUT2D eigenvalue weighted by molar-refractivity contribution is 0.0185. The van der Waals surface area contributed by atoms with Gasteiger partial charge in [-0.3, -0.25) is 0 Å². The molecule has 1 saturated carbocycles. The molecule has 0 bridgehead atoms. The van der Waals surface area contributed by atoms with Gasteiger partial charge in [0, 0.05) is 0 Å². The second-order valence-electron chi connectivity index (χ2n) is 7.25. The van der Waals surface area contributed by atoms with E-state index in [-0.39, 0.29) is 5.60 Å². The molecule has 1 aliphatic rings. The highest BCUT2D eigenvalue weighted by molar-refractivity contribution is 9.11. The highest BCUT2D eigenvalue weighted by Crippen LogP contribution is 2.41. The van der Waals surface area contributed by atoms with E-state index in [4.69, 9.17) is 4.43 Å². The molecule has 1 atom stereocenters. The Kier molecular flexibility index (Phi) is 8.07. The Morgan fingerprint density at radius 1 is 1.15 bits per heavy atom. The third-order valence-electron chi connectivity index (χ3n) is 4.31. The molecular weight excluding hydrogens is 328 g/mol. The fraction of sp³-hybridized carbons (Fsp3) is 0.882. The van der Waals surface area contributed by atoms with Crippen molar-refractivity contribution in [2.75, 3.05) is 0 Å². The molecule has 0 aromatic rings. The molecule has 1 aliphatic carbocycles. The molecule has 118 valence electrons. The summed E-state index contributed by atoms with van der Waals surface area (Å²) < 4.78 is 6.77. The number of hydrogen-bond acceptors (Lipinski definition) is 1. The van der Waals surface area contributed by atoms with Gasteiger partial charge in [-0.2, -0.15) is 0 Å². The molecule has 1 nitrogen and oxygen atoms in total. The summed E-state index contributed by atoms with van der Waals surface area (Å²) in [6.07, 6.45) is 14.3. The van der Waals surface area contributed by atoms with E-state index in [9.17, 15) is 0 Å². The van der Waals surface area contributed by atoms with Crippen LogP contribution >= 0.6 is 15.9 Å². The van der Waals surface area contributed by atoms with Crippen molar-refractivity contribution in [1.82, 2.24) is 0 Å². The molecular formula is C17H33BrOSi. The fourth-order valence-electron chi connectivity index (χ4n) is 3.51. The largest absolute Gasteiger partial charge is 0.408 e. The fourth-order valence-corrected chi connectivity index (χ4v) is 5.44. The lowest BCUT2D eigenvalue weighted by Gasteiger charge is -2.45. The molecule has 0 amide bonds. The third kappa shape index (κ3) is 6.03. The molecule has 0 spiro atoms. The molecule has 0 heterocycles. The first-order valence-corrected chi connectivity index (χ1v) is 12.7. The van der Waals surface area contributed by atoms with Gasteiger partial charge < -0.3 is 4.43 Å². The summed E-state index contributed by atoms with van der Waals surface area (Å²) in [5, 5.41) is 0. The van der Waals surface area contributed by atoms with Crippen molar-refractivity contribution in [3.05, 3.63) is 11.1 Å². The zero-order valence-electron chi connectivity index (χ0n) is 13.9. The summed E-state index contributed by atoms with van der Waals surface area (Å²) in [5.74, 6) is 0.716.